The first-order valence-corrected chi connectivity index (χ1v) is 10.7. The summed E-state index contributed by atoms with van der Waals surface area (Å²) in [6, 6.07) is 29.4. The fraction of sp³-hybridized carbons (Fsp3) is 0.241. The Morgan fingerprint density at radius 3 is 1.90 bits per heavy atom. The van der Waals surface area contributed by atoms with Crippen LogP contribution in [-0.4, -0.2) is 0 Å². The number of allylic oxidation sites excluding steroid dienone is 3. The van der Waals surface area contributed by atoms with Crippen LogP contribution in [0.15, 0.2) is 96.6 Å². The summed E-state index contributed by atoms with van der Waals surface area (Å²) in [6.45, 7) is 4.33. The van der Waals surface area contributed by atoms with Gasteiger partial charge in [0.05, 0.1) is 0 Å². The summed E-state index contributed by atoms with van der Waals surface area (Å²) in [5, 5.41) is 0. The van der Waals surface area contributed by atoms with Crippen LogP contribution in [0.2, 0.25) is 0 Å². The lowest BCUT2D eigenvalue weighted by Gasteiger charge is -2.20. The highest BCUT2D eigenvalue weighted by atomic mass is 14.6. The van der Waals surface area contributed by atoms with Gasteiger partial charge in [-0.15, -0.1) is 0 Å². The minimum Gasteiger partial charge on any atom is -0.0873 e. The van der Waals surface area contributed by atoms with Crippen molar-refractivity contribution in [2.75, 3.05) is 0 Å². The second-order valence-corrected chi connectivity index (χ2v) is 8.79. The third-order valence-corrected chi connectivity index (χ3v) is 6.83. The molecule has 1 saturated carbocycles. The van der Waals surface area contributed by atoms with E-state index < -0.39 is 0 Å². The monoisotopic (exact) mass is 376 g/mol. The number of hydrogen-bond donors (Lipinski definition) is 0. The van der Waals surface area contributed by atoms with Crippen molar-refractivity contribution in [1.29, 1.82) is 0 Å². The van der Waals surface area contributed by atoms with Crippen molar-refractivity contribution in [2.45, 2.75) is 38.5 Å². The Bertz CT molecular complexity index is 1020. The molecule has 0 saturated heterocycles. The Labute approximate surface area is 174 Å². The van der Waals surface area contributed by atoms with E-state index in [1.54, 1.807) is 5.57 Å². The second-order valence-electron chi connectivity index (χ2n) is 8.79. The molecule has 3 aromatic rings. The van der Waals surface area contributed by atoms with Gasteiger partial charge in [-0.2, -0.15) is 0 Å². The molecule has 0 amide bonds. The van der Waals surface area contributed by atoms with Crippen LogP contribution >= 0.6 is 0 Å². The van der Waals surface area contributed by atoms with E-state index in [4.69, 9.17) is 0 Å². The van der Waals surface area contributed by atoms with E-state index >= 15 is 0 Å². The number of rotatable bonds is 3. The summed E-state index contributed by atoms with van der Waals surface area (Å²) < 4.78 is 0. The van der Waals surface area contributed by atoms with E-state index in [1.165, 1.54) is 39.8 Å². The van der Waals surface area contributed by atoms with Crippen molar-refractivity contribution < 1.29 is 0 Å². The first kappa shape index (κ1) is 18.2. The van der Waals surface area contributed by atoms with E-state index in [0.29, 0.717) is 5.92 Å². The van der Waals surface area contributed by atoms with Gasteiger partial charge in [-0.05, 0) is 61.3 Å². The molecule has 0 N–H and O–H groups in total. The van der Waals surface area contributed by atoms with Crippen molar-refractivity contribution in [3.8, 4) is 0 Å². The highest BCUT2D eigenvalue weighted by Gasteiger charge is 2.56. The molecule has 0 bridgehead atoms. The van der Waals surface area contributed by atoms with Gasteiger partial charge in [0.1, 0.15) is 0 Å². The molecule has 3 aromatic carbocycles. The molecule has 29 heavy (non-hydrogen) atoms. The minimum atomic E-state index is 0.282. The average Bonchev–Trinajstić information content (AvgIpc) is 3.50. The Morgan fingerprint density at radius 2 is 1.31 bits per heavy atom. The molecule has 0 heteroatoms. The van der Waals surface area contributed by atoms with Crippen LogP contribution in [0.1, 0.15) is 47.1 Å². The van der Waals surface area contributed by atoms with Crippen molar-refractivity contribution in [1.82, 2.24) is 0 Å². The van der Waals surface area contributed by atoms with Gasteiger partial charge in [-0.25, -0.2) is 0 Å². The zero-order valence-electron chi connectivity index (χ0n) is 17.4. The molecular formula is C29H28. The number of fused-ring (bicyclic) bond motifs is 1. The van der Waals surface area contributed by atoms with Crippen LogP contribution in [0.25, 0.3) is 5.57 Å². The predicted molar refractivity (Wildman–Crippen MR) is 123 cm³/mol. The van der Waals surface area contributed by atoms with Gasteiger partial charge in [-0.1, -0.05) is 108 Å². The lowest BCUT2D eigenvalue weighted by Crippen LogP contribution is -2.10. The molecule has 0 aromatic heterocycles. The normalized spacial score (nSPS) is 22.7. The van der Waals surface area contributed by atoms with Crippen LogP contribution in [0.4, 0.5) is 0 Å². The third-order valence-electron chi connectivity index (χ3n) is 6.83. The standard InChI is InChI=1S/C29H28/c1-21-11-15-23(16-12-21)28(24-17-13-22(2)14-18-24)26-10-6-7-19-29(20-27(26)29)25-8-4-3-5-9-25/h3-9,11-18,27H,10,19-20H2,1-2H3/t27-,29+/m1/s1. The van der Waals surface area contributed by atoms with E-state index in [-0.39, 0.29) is 5.41 Å². The predicted octanol–water partition coefficient (Wildman–Crippen LogP) is 7.41. The Morgan fingerprint density at radius 1 is 0.724 bits per heavy atom. The zero-order chi connectivity index (χ0) is 19.8. The van der Waals surface area contributed by atoms with Gasteiger partial charge in [-0.3, -0.25) is 0 Å². The molecule has 2 aliphatic rings. The van der Waals surface area contributed by atoms with E-state index in [9.17, 15) is 0 Å². The minimum absolute atomic E-state index is 0.282. The average molecular weight is 377 g/mol. The van der Waals surface area contributed by atoms with Crippen LogP contribution < -0.4 is 0 Å². The van der Waals surface area contributed by atoms with Gasteiger partial charge >= 0.3 is 0 Å². The maximum Gasteiger partial charge on any atom is 0.00596 e. The molecule has 0 radical (unpaired) electrons. The maximum absolute atomic E-state index is 2.42. The molecule has 2 atom stereocenters. The second kappa shape index (κ2) is 7.19. The van der Waals surface area contributed by atoms with Crippen LogP contribution in [0.5, 0.6) is 0 Å². The van der Waals surface area contributed by atoms with Crippen molar-refractivity contribution in [3.63, 3.8) is 0 Å². The zero-order valence-corrected chi connectivity index (χ0v) is 17.4. The SMILES string of the molecule is Cc1ccc(C(=C2CC=CC[C@@]3(c4ccccc4)C[C@H]23)c2ccc(C)cc2)cc1. The Balaban J connectivity index is 1.68. The molecule has 2 aliphatic carbocycles. The lowest BCUT2D eigenvalue weighted by molar-refractivity contribution is 0.657. The molecular weight excluding hydrogens is 348 g/mol. The van der Waals surface area contributed by atoms with Crippen molar-refractivity contribution in [3.05, 3.63) is 124 Å². The highest BCUT2D eigenvalue weighted by molar-refractivity contribution is 5.83. The molecule has 0 aliphatic heterocycles. The molecule has 0 unspecified atom stereocenters. The topological polar surface area (TPSA) is 0 Å². The van der Waals surface area contributed by atoms with Crippen molar-refractivity contribution in [2.24, 2.45) is 5.92 Å². The van der Waals surface area contributed by atoms with Gasteiger partial charge < -0.3 is 0 Å². The Hall–Kier alpha value is -2.86. The molecule has 0 spiro atoms. The summed E-state index contributed by atoms with van der Waals surface area (Å²) in [6.07, 6.45) is 8.28. The molecule has 5 rings (SSSR count). The summed E-state index contributed by atoms with van der Waals surface area (Å²) in [5.41, 5.74) is 10.2. The summed E-state index contributed by atoms with van der Waals surface area (Å²) in [7, 11) is 0. The van der Waals surface area contributed by atoms with Gasteiger partial charge in [0.2, 0.25) is 0 Å². The smallest absolute Gasteiger partial charge is 0.00596 e. The summed E-state index contributed by atoms with van der Waals surface area (Å²) in [4.78, 5) is 0. The fourth-order valence-corrected chi connectivity index (χ4v) is 5.09. The number of hydrogen-bond acceptors (Lipinski definition) is 0. The first-order chi connectivity index (χ1) is 14.2. The van der Waals surface area contributed by atoms with Gasteiger partial charge in [0.25, 0.3) is 0 Å². The molecule has 144 valence electrons. The maximum atomic E-state index is 2.42. The van der Waals surface area contributed by atoms with Gasteiger partial charge in [0, 0.05) is 5.41 Å². The van der Waals surface area contributed by atoms with Crippen LogP contribution in [0, 0.1) is 19.8 Å². The first-order valence-electron chi connectivity index (χ1n) is 10.7. The molecule has 1 fully saturated rings. The quantitative estimate of drug-likeness (QED) is 0.417. The number of aryl methyl sites for hydroxylation is 2. The van der Waals surface area contributed by atoms with E-state index in [1.807, 2.05) is 0 Å². The van der Waals surface area contributed by atoms with E-state index in [2.05, 4.69) is 105 Å². The molecule has 0 heterocycles. The fourth-order valence-electron chi connectivity index (χ4n) is 5.09. The van der Waals surface area contributed by atoms with E-state index in [0.717, 1.165) is 12.8 Å². The largest absolute Gasteiger partial charge is 0.0873 e. The summed E-state index contributed by atoms with van der Waals surface area (Å²) >= 11 is 0. The van der Waals surface area contributed by atoms with Crippen molar-refractivity contribution >= 4 is 5.57 Å². The summed E-state index contributed by atoms with van der Waals surface area (Å²) in [5.74, 6) is 0.623. The Kier molecular flexibility index (Phi) is 4.51. The number of benzene rings is 3. The molecule has 0 nitrogen and oxygen atoms in total. The highest BCUT2D eigenvalue weighted by Crippen LogP contribution is 2.63. The third kappa shape index (κ3) is 3.27. The van der Waals surface area contributed by atoms with Crippen LogP contribution in [-0.2, 0) is 5.41 Å². The lowest BCUT2D eigenvalue weighted by atomic mass is 9.84. The van der Waals surface area contributed by atoms with Gasteiger partial charge in [0.15, 0.2) is 0 Å². The van der Waals surface area contributed by atoms with Crippen LogP contribution in [0.3, 0.4) is 0 Å².